The zero-order chi connectivity index (χ0) is 32.2. The van der Waals surface area contributed by atoms with Crippen LogP contribution >= 0.6 is 0 Å². The van der Waals surface area contributed by atoms with Gasteiger partial charge in [0, 0.05) is 55.9 Å². The molecule has 10 heteroatoms. The van der Waals surface area contributed by atoms with Gasteiger partial charge in [-0.05, 0) is 88.2 Å². The van der Waals surface area contributed by atoms with Gasteiger partial charge in [0.1, 0.15) is 5.75 Å². The Morgan fingerprint density at radius 3 is 2.53 bits per heavy atom. The maximum atomic E-state index is 14.3. The van der Waals surface area contributed by atoms with Crippen molar-refractivity contribution in [1.82, 2.24) is 14.8 Å². The van der Waals surface area contributed by atoms with Crippen LogP contribution in [0.15, 0.2) is 73.1 Å². The van der Waals surface area contributed by atoms with Gasteiger partial charge in [-0.15, -0.1) is 0 Å². The number of anilines is 2. The van der Waals surface area contributed by atoms with Crippen molar-refractivity contribution in [2.45, 2.75) is 64.8 Å². The lowest BCUT2D eigenvalue weighted by atomic mass is 10.0. The molecule has 2 heterocycles. The second kappa shape index (κ2) is 16.9. The average Bonchev–Trinajstić information content (AvgIpc) is 3.03. The Bertz CT molecular complexity index is 1360. The van der Waals surface area contributed by atoms with E-state index in [1.54, 1.807) is 47.6 Å². The van der Waals surface area contributed by atoms with Gasteiger partial charge in [-0.25, -0.2) is 4.79 Å². The normalized spacial score (nSPS) is 20.4. The van der Waals surface area contributed by atoms with Crippen molar-refractivity contribution < 1.29 is 24.2 Å². The van der Waals surface area contributed by atoms with E-state index in [-0.39, 0.29) is 30.6 Å². The SMILES string of the molecule is C[C@@H]1CN([C@H](C)CO)C(=O)c2cc(NC(=O)Nc3ccccc3)ccc2O[C@@H](C)CCCCO[C@H]1CN(C)Cc1ccncc1. The molecule has 1 aliphatic rings. The zero-order valence-corrected chi connectivity index (χ0v) is 26.8. The largest absolute Gasteiger partial charge is 0.490 e. The van der Waals surface area contributed by atoms with Crippen molar-refractivity contribution in [2.75, 3.05) is 44.0 Å². The number of nitrogens with one attached hydrogen (secondary N) is 2. The van der Waals surface area contributed by atoms with Gasteiger partial charge >= 0.3 is 6.03 Å². The number of hydrogen-bond donors (Lipinski definition) is 3. The van der Waals surface area contributed by atoms with E-state index in [2.05, 4.69) is 34.5 Å². The molecule has 1 aliphatic heterocycles. The van der Waals surface area contributed by atoms with Crippen LogP contribution in [0.2, 0.25) is 0 Å². The topological polar surface area (TPSA) is 116 Å². The molecule has 0 fully saturated rings. The fraction of sp³-hybridized carbons (Fsp3) is 0.457. The first-order valence-corrected chi connectivity index (χ1v) is 15.8. The molecule has 3 amide bonds. The van der Waals surface area contributed by atoms with Gasteiger partial charge in [0.2, 0.25) is 0 Å². The number of nitrogens with zero attached hydrogens (tertiary/aromatic N) is 3. The van der Waals surface area contributed by atoms with Crippen molar-refractivity contribution in [2.24, 2.45) is 5.92 Å². The van der Waals surface area contributed by atoms with E-state index in [4.69, 9.17) is 9.47 Å². The quantitative estimate of drug-likeness (QED) is 0.299. The van der Waals surface area contributed by atoms with E-state index in [1.165, 1.54) is 5.56 Å². The number of amides is 3. The Balaban J connectivity index is 1.59. The Labute approximate surface area is 266 Å². The van der Waals surface area contributed by atoms with Crippen molar-refractivity contribution in [3.8, 4) is 5.75 Å². The molecule has 0 radical (unpaired) electrons. The summed E-state index contributed by atoms with van der Waals surface area (Å²) in [5, 5.41) is 15.8. The Morgan fingerprint density at radius 1 is 1.07 bits per heavy atom. The third kappa shape index (κ3) is 10.3. The minimum absolute atomic E-state index is 0.0352. The van der Waals surface area contributed by atoms with E-state index in [0.29, 0.717) is 42.4 Å². The molecule has 4 atom stereocenters. The summed E-state index contributed by atoms with van der Waals surface area (Å²) in [6.07, 6.45) is 5.94. The predicted molar refractivity (Wildman–Crippen MR) is 177 cm³/mol. The van der Waals surface area contributed by atoms with Crippen LogP contribution in [0.5, 0.6) is 5.75 Å². The smallest absolute Gasteiger partial charge is 0.323 e. The summed E-state index contributed by atoms with van der Waals surface area (Å²) in [6.45, 7) is 8.13. The number of aliphatic hydroxyl groups excluding tert-OH is 1. The molecule has 242 valence electrons. The molecule has 3 aromatic rings. The Hall–Kier alpha value is -3.99. The monoisotopic (exact) mass is 617 g/mol. The number of hydrogen-bond acceptors (Lipinski definition) is 7. The number of carbonyl (C=O) groups is 2. The fourth-order valence-electron chi connectivity index (χ4n) is 5.45. The molecule has 2 aromatic carbocycles. The number of aliphatic hydroxyl groups is 1. The first kappa shape index (κ1) is 33.9. The highest BCUT2D eigenvalue weighted by Crippen LogP contribution is 2.28. The number of pyridine rings is 1. The number of urea groups is 1. The zero-order valence-electron chi connectivity index (χ0n) is 26.8. The van der Waals surface area contributed by atoms with Gasteiger partial charge in [0.15, 0.2) is 0 Å². The maximum Gasteiger partial charge on any atom is 0.323 e. The van der Waals surface area contributed by atoms with Gasteiger partial charge in [-0.2, -0.15) is 0 Å². The molecule has 1 aromatic heterocycles. The number of rotatable bonds is 8. The van der Waals surface area contributed by atoms with Crippen LogP contribution in [0.4, 0.5) is 16.2 Å². The van der Waals surface area contributed by atoms with Gasteiger partial charge in [0.05, 0.1) is 30.4 Å². The lowest BCUT2D eigenvalue weighted by Crippen LogP contribution is -2.47. The molecule has 0 unspecified atom stereocenters. The second-order valence-electron chi connectivity index (χ2n) is 12.0. The molecule has 0 bridgehead atoms. The minimum Gasteiger partial charge on any atom is -0.490 e. The van der Waals surface area contributed by atoms with E-state index in [9.17, 15) is 14.7 Å². The summed E-state index contributed by atoms with van der Waals surface area (Å²) in [4.78, 5) is 35.1. The molecule has 4 rings (SSSR count). The van der Waals surface area contributed by atoms with Crippen molar-refractivity contribution in [3.05, 3.63) is 84.2 Å². The average molecular weight is 618 g/mol. The highest BCUT2D eigenvalue weighted by molar-refractivity contribution is 6.02. The number of likely N-dealkylation sites (N-methyl/N-ethyl adjacent to an activating group) is 1. The van der Waals surface area contributed by atoms with Gasteiger partial charge in [-0.1, -0.05) is 25.1 Å². The molecule has 3 N–H and O–H groups in total. The summed E-state index contributed by atoms with van der Waals surface area (Å²) in [6, 6.07) is 17.4. The number of para-hydroxylation sites is 1. The summed E-state index contributed by atoms with van der Waals surface area (Å²) in [5.41, 5.74) is 2.61. The maximum absolute atomic E-state index is 14.3. The number of fused-ring (bicyclic) bond motifs is 1. The molecule has 0 saturated carbocycles. The molecule has 10 nitrogen and oxygen atoms in total. The summed E-state index contributed by atoms with van der Waals surface area (Å²) in [5.74, 6) is 0.136. The van der Waals surface area contributed by atoms with Crippen LogP contribution in [0.25, 0.3) is 0 Å². The van der Waals surface area contributed by atoms with Crippen molar-refractivity contribution >= 4 is 23.3 Å². The Morgan fingerprint density at radius 2 is 1.80 bits per heavy atom. The van der Waals surface area contributed by atoms with E-state index in [1.807, 2.05) is 44.2 Å². The summed E-state index contributed by atoms with van der Waals surface area (Å²) < 4.78 is 12.8. The third-order valence-corrected chi connectivity index (χ3v) is 8.03. The molecule has 45 heavy (non-hydrogen) atoms. The number of ether oxygens (including phenoxy) is 2. The summed E-state index contributed by atoms with van der Waals surface area (Å²) in [7, 11) is 2.07. The molecule has 0 aliphatic carbocycles. The lowest BCUT2D eigenvalue weighted by molar-refractivity contribution is -0.0177. The van der Waals surface area contributed by atoms with E-state index < -0.39 is 12.1 Å². The number of carbonyl (C=O) groups excluding carboxylic acids is 2. The minimum atomic E-state index is -0.452. The van der Waals surface area contributed by atoms with Crippen LogP contribution in [0, 0.1) is 5.92 Å². The van der Waals surface area contributed by atoms with Crippen molar-refractivity contribution in [1.29, 1.82) is 0 Å². The predicted octanol–water partition coefficient (Wildman–Crippen LogP) is 5.65. The lowest BCUT2D eigenvalue weighted by Gasteiger charge is -2.36. The summed E-state index contributed by atoms with van der Waals surface area (Å²) >= 11 is 0. The third-order valence-electron chi connectivity index (χ3n) is 8.03. The number of aromatic nitrogens is 1. The van der Waals surface area contributed by atoms with Gasteiger partial charge in [0.25, 0.3) is 5.91 Å². The van der Waals surface area contributed by atoms with Gasteiger partial charge in [-0.3, -0.25) is 14.7 Å². The molecular formula is C35H47N5O5. The van der Waals surface area contributed by atoms with Gasteiger partial charge < -0.3 is 30.1 Å². The molecule has 0 saturated heterocycles. The highest BCUT2D eigenvalue weighted by atomic mass is 16.5. The first-order valence-electron chi connectivity index (χ1n) is 15.8. The highest BCUT2D eigenvalue weighted by Gasteiger charge is 2.30. The standard InChI is InChI=1S/C35H47N5O5/c1-25-21-40(26(2)24-41)34(42)31-20-30(38-35(43)37-29-11-6-5-7-12-29)13-14-32(31)45-27(3)10-8-9-19-44-33(25)23-39(4)22-28-15-17-36-18-16-28/h5-7,11-18,20,25-27,33,41H,8-10,19,21-24H2,1-4H3,(H2,37,38,43)/t25-,26-,27+,33+/m1/s1. The van der Waals surface area contributed by atoms with E-state index in [0.717, 1.165) is 25.8 Å². The van der Waals surface area contributed by atoms with Crippen LogP contribution in [-0.4, -0.2) is 83.4 Å². The Kier molecular flexibility index (Phi) is 12.7. The number of benzene rings is 2. The first-order chi connectivity index (χ1) is 21.7. The van der Waals surface area contributed by atoms with Crippen LogP contribution in [0.1, 0.15) is 56.0 Å². The van der Waals surface area contributed by atoms with Crippen LogP contribution in [-0.2, 0) is 11.3 Å². The molecular weight excluding hydrogens is 570 g/mol. The fourth-order valence-corrected chi connectivity index (χ4v) is 5.45. The van der Waals surface area contributed by atoms with E-state index >= 15 is 0 Å². The molecule has 0 spiro atoms. The van der Waals surface area contributed by atoms with Crippen LogP contribution < -0.4 is 15.4 Å². The van der Waals surface area contributed by atoms with Crippen molar-refractivity contribution in [3.63, 3.8) is 0 Å². The second-order valence-corrected chi connectivity index (χ2v) is 12.0. The van der Waals surface area contributed by atoms with Crippen LogP contribution in [0.3, 0.4) is 0 Å².